The minimum atomic E-state index is 0.641. The molecule has 1 aliphatic rings. The van der Waals surface area contributed by atoms with Gasteiger partial charge in [0.25, 0.3) is 0 Å². The fourth-order valence-electron chi connectivity index (χ4n) is 2.83. The summed E-state index contributed by atoms with van der Waals surface area (Å²) >= 11 is 0. The Kier molecular flexibility index (Phi) is 2.77. The second-order valence-electron chi connectivity index (χ2n) is 5.23. The first-order chi connectivity index (χ1) is 9.08. The molecule has 0 spiro atoms. The Bertz CT molecular complexity index is 642. The lowest BCUT2D eigenvalue weighted by Crippen LogP contribution is -2.12. The van der Waals surface area contributed by atoms with Crippen LogP contribution in [0.2, 0.25) is 0 Å². The van der Waals surface area contributed by atoms with Crippen molar-refractivity contribution in [3.8, 4) is 11.4 Å². The van der Waals surface area contributed by atoms with Gasteiger partial charge in [-0.15, -0.1) is 0 Å². The number of aromatic nitrogens is 4. The Labute approximate surface area is 112 Å². The van der Waals surface area contributed by atoms with Crippen LogP contribution >= 0.6 is 0 Å². The topological polar surface area (TPSA) is 69.6 Å². The number of hydrogen-bond donors (Lipinski definition) is 1. The van der Waals surface area contributed by atoms with Crippen molar-refractivity contribution in [3.63, 3.8) is 0 Å². The van der Waals surface area contributed by atoms with Crippen molar-refractivity contribution in [1.82, 2.24) is 19.7 Å². The monoisotopic (exact) mass is 257 g/mol. The number of rotatable bonds is 1. The molecule has 0 fully saturated rings. The van der Waals surface area contributed by atoms with Gasteiger partial charge in [-0.05, 0) is 39.5 Å². The molecule has 19 heavy (non-hydrogen) atoms. The van der Waals surface area contributed by atoms with Crippen LogP contribution < -0.4 is 5.73 Å². The van der Waals surface area contributed by atoms with Crippen LogP contribution in [0.25, 0.3) is 11.4 Å². The largest absolute Gasteiger partial charge is 0.383 e. The summed E-state index contributed by atoms with van der Waals surface area (Å²) in [5.41, 5.74) is 11.4. The second-order valence-corrected chi connectivity index (χ2v) is 5.23. The number of aryl methyl sites for hydroxylation is 3. The van der Waals surface area contributed by atoms with E-state index in [0.717, 1.165) is 46.9 Å². The maximum atomic E-state index is 6.11. The number of nitrogens with two attached hydrogens (primary N) is 1. The minimum absolute atomic E-state index is 0.641. The van der Waals surface area contributed by atoms with Gasteiger partial charge in [0.2, 0.25) is 0 Å². The Balaban J connectivity index is 2.18. The maximum absolute atomic E-state index is 6.11. The zero-order valence-electron chi connectivity index (χ0n) is 11.7. The van der Waals surface area contributed by atoms with Gasteiger partial charge in [-0.25, -0.2) is 9.97 Å². The molecule has 2 heterocycles. The van der Waals surface area contributed by atoms with Crippen LogP contribution in [0.1, 0.15) is 35.5 Å². The predicted molar refractivity (Wildman–Crippen MR) is 74.8 cm³/mol. The van der Waals surface area contributed by atoms with Crippen molar-refractivity contribution in [1.29, 1.82) is 0 Å². The molecular weight excluding hydrogens is 238 g/mol. The predicted octanol–water partition coefficient (Wildman–Crippen LogP) is 1.95. The Morgan fingerprint density at radius 1 is 1.11 bits per heavy atom. The standard InChI is InChI=1S/C14H19N5/c1-8-12(9(2)19(3)18-8)14-16-11-7-5-4-6-10(11)13(15)17-14/h4-7H2,1-3H3,(H2,15,16,17). The molecule has 5 nitrogen and oxygen atoms in total. The smallest absolute Gasteiger partial charge is 0.165 e. The van der Waals surface area contributed by atoms with Gasteiger partial charge in [0.05, 0.1) is 11.3 Å². The van der Waals surface area contributed by atoms with Crippen molar-refractivity contribution in [3.05, 3.63) is 22.6 Å². The van der Waals surface area contributed by atoms with Gasteiger partial charge in [-0.3, -0.25) is 4.68 Å². The molecule has 0 radical (unpaired) electrons. The van der Waals surface area contributed by atoms with E-state index in [-0.39, 0.29) is 0 Å². The highest BCUT2D eigenvalue weighted by Crippen LogP contribution is 2.29. The van der Waals surface area contributed by atoms with Gasteiger partial charge in [0, 0.05) is 24.0 Å². The molecule has 0 amide bonds. The van der Waals surface area contributed by atoms with Crippen molar-refractivity contribution in [2.45, 2.75) is 39.5 Å². The highest BCUT2D eigenvalue weighted by Gasteiger charge is 2.20. The highest BCUT2D eigenvalue weighted by atomic mass is 15.3. The summed E-state index contributed by atoms with van der Waals surface area (Å²) in [6.45, 7) is 4.02. The molecule has 0 unspecified atom stereocenters. The van der Waals surface area contributed by atoms with Gasteiger partial charge < -0.3 is 5.73 Å². The van der Waals surface area contributed by atoms with Crippen molar-refractivity contribution >= 4 is 5.82 Å². The van der Waals surface area contributed by atoms with E-state index in [4.69, 9.17) is 10.7 Å². The molecule has 2 aromatic heterocycles. The van der Waals surface area contributed by atoms with E-state index < -0.39 is 0 Å². The van der Waals surface area contributed by atoms with Crippen molar-refractivity contribution < 1.29 is 0 Å². The van der Waals surface area contributed by atoms with Crippen molar-refractivity contribution in [2.24, 2.45) is 7.05 Å². The molecule has 0 atom stereocenters. The quantitative estimate of drug-likeness (QED) is 0.847. The van der Waals surface area contributed by atoms with Crippen LogP contribution in [0.5, 0.6) is 0 Å². The summed E-state index contributed by atoms with van der Waals surface area (Å²) in [5.74, 6) is 1.36. The number of nitrogens with zero attached hydrogens (tertiary/aromatic N) is 4. The lowest BCUT2D eigenvalue weighted by molar-refractivity contribution is 0.666. The van der Waals surface area contributed by atoms with E-state index in [1.807, 2.05) is 25.6 Å². The zero-order chi connectivity index (χ0) is 13.6. The molecule has 2 aromatic rings. The van der Waals surface area contributed by atoms with E-state index in [1.54, 1.807) is 0 Å². The van der Waals surface area contributed by atoms with E-state index in [1.165, 1.54) is 12.8 Å². The first-order valence-electron chi connectivity index (χ1n) is 6.73. The van der Waals surface area contributed by atoms with Crippen LogP contribution in [0, 0.1) is 13.8 Å². The van der Waals surface area contributed by atoms with Crippen molar-refractivity contribution in [2.75, 3.05) is 5.73 Å². The Morgan fingerprint density at radius 3 is 2.53 bits per heavy atom. The second kappa shape index (κ2) is 4.33. The Hall–Kier alpha value is -1.91. The van der Waals surface area contributed by atoms with Crippen LogP contribution in [-0.2, 0) is 19.9 Å². The molecule has 3 rings (SSSR count). The number of anilines is 1. The SMILES string of the molecule is Cc1nn(C)c(C)c1-c1nc(N)c2c(n1)CCCC2. The normalized spacial score (nSPS) is 14.5. The van der Waals surface area contributed by atoms with E-state index >= 15 is 0 Å². The molecule has 0 aliphatic heterocycles. The third kappa shape index (κ3) is 1.89. The molecule has 2 N–H and O–H groups in total. The summed E-state index contributed by atoms with van der Waals surface area (Å²) < 4.78 is 1.86. The molecular formula is C14H19N5. The molecule has 1 aliphatic carbocycles. The lowest BCUT2D eigenvalue weighted by atomic mass is 9.96. The van der Waals surface area contributed by atoms with Crippen LogP contribution in [-0.4, -0.2) is 19.7 Å². The van der Waals surface area contributed by atoms with Crippen LogP contribution in [0.4, 0.5) is 5.82 Å². The molecule has 0 aromatic carbocycles. The maximum Gasteiger partial charge on any atom is 0.165 e. The average molecular weight is 257 g/mol. The number of nitrogen functional groups attached to an aromatic ring is 1. The van der Waals surface area contributed by atoms with Crippen LogP contribution in [0.3, 0.4) is 0 Å². The molecule has 0 saturated carbocycles. The molecule has 5 heteroatoms. The fourth-order valence-corrected chi connectivity index (χ4v) is 2.83. The van der Waals surface area contributed by atoms with E-state index in [0.29, 0.717) is 5.82 Å². The van der Waals surface area contributed by atoms with Gasteiger partial charge in [-0.1, -0.05) is 0 Å². The number of hydrogen-bond acceptors (Lipinski definition) is 4. The van der Waals surface area contributed by atoms with E-state index in [2.05, 4.69) is 10.1 Å². The van der Waals surface area contributed by atoms with Gasteiger partial charge in [0.15, 0.2) is 5.82 Å². The van der Waals surface area contributed by atoms with E-state index in [9.17, 15) is 0 Å². The zero-order valence-corrected chi connectivity index (χ0v) is 11.7. The fraction of sp³-hybridized carbons (Fsp3) is 0.500. The summed E-state index contributed by atoms with van der Waals surface area (Å²) in [5, 5.41) is 4.42. The first kappa shape index (κ1) is 12.1. The molecule has 0 saturated heterocycles. The van der Waals surface area contributed by atoms with Gasteiger partial charge in [-0.2, -0.15) is 5.10 Å². The Morgan fingerprint density at radius 2 is 1.84 bits per heavy atom. The summed E-state index contributed by atoms with van der Waals surface area (Å²) in [4.78, 5) is 9.24. The van der Waals surface area contributed by atoms with Crippen LogP contribution in [0.15, 0.2) is 0 Å². The minimum Gasteiger partial charge on any atom is -0.383 e. The van der Waals surface area contributed by atoms with Gasteiger partial charge >= 0.3 is 0 Å². The highest BCUT2D eigenvalue weighted by molar-refractivity contribution is 5.64. The third-order valence-electron chi connectivity index (χ3n) is 3.95. The third-order valence-corrected chi connectivity index (χ3v) is 3.95. The summed E-state index contributed by atoms with van der Waals surface area (Å²) in [7, 11) is 1.94. The summed E-state index contributed by atoms with van der Waals surface area (Å²) in [6.07, 6.45) is 4.39. The average Bonchev–Trinajstić information content (AvgIpc) is 2.63. The first-order valence-corrected chi connectivity index (χ1v) is 6.73. The molecule has 100 valence electrons. The van der Waals surface area contributed by atoms with Gasteiger partial charge in [0.1, 0.15) is 5.82 Å². The lowest BCUT2D eigenvalue weighted by Gasteiger charge is -2.17. The molecule has 0 bridgehead atoms. The summed E-state index contributed by atoms with van der Waals surface area (Å²) in [6, 6.07) is 0. The number of fused-ring (bicyclic) bond motifs is 1.